The van der Waals surface area contributed by atoms with E-state index < -0.39 is 5.97 Å². The Kier molecular flexibility index (Phi) is 6.42. The summed E-state index contributed by atoms with van der Waals surface area (Å²) >= 11 is 1.18. The molecule has 2 atom stereocenters. The second-order valence-electron chi connectivity index (χ2n) is 6.33. The van der Waals surface area contributed by atoms with Crippen LogP contribution in [0.5, 0.6) is 0 Å². The van der Waals surface area contributed by atoms with Gasteiger partial charge >= 0.3 is 5.97 Å². The van der Waals surface area contributed by atoms with Crippen LogP contribution in [0.15, 0.2) is 16.0 Å². The topological polar surface area (TPSA) is 92.4 Å². The van der Waals surface area contributed by atoms with Crippen molar-refractivity contribution in [3.8, 4) is 0 Å². The third kappa shape index (κ3) is 5.36. The Morgan fingerprint density at radius 2 is 2.04 bits per heavy atom. The van der Waals surface area contributed by atoms with Gasteiger partial charge in [0.25, 0.3) is 5.56 Å². The van der Waals surface area contributed by atoms with Gasteiger partial charge in [-0.15, -0.1) is 0 Å². The number of nitrogens with one attached hydrogen (secondary N) is 1. The number of aromatic nitrogens is 2. The smallest absolute Gasteiger partial charge is 0.311 e. The highest BCUT2D eigenvalue weighted by molar-refractivity contribution is 7.99. The molecule has 2 heterocycles. The van der Waals surface area contributed by atoms with Crippen LogP contribution >= 0.6 is 11.8 Å². The summed E-state index contributed by atoms with van der Waals surface area (Å²) in [6.45, 7) is 5.85. The molecule has 0 aromatic carbocycles. The molecular formula is C16H23N3O4S. The Morgan fingerprint density at radius 1 is 1.38 bits per heavy atom. The minimum absolute atomic E-state index is 0.0411. The predicted octanol–water partition coefficient (Wildman–Crippen LogP) is 1.08. The number of aromatic amines is 1. The van der Waals surface area contributed by atoms with E-state index in [-0.39, 0.29) is 23.6 Å². The first-order valence-corrected chi connectivity index (χ1v) is 8.93. The van der Waals surface area contributed by atoms with Gasteiger partial charge in [-0.3, -0.25) is 14.4 Å². The molecule has 0 spiro atoms. The van der Waals surface area contributed by atoms with Crippen molar-refractivity contribution >= 4 is 23.6 Å². The van der Waals surface area contributed by atoms with Gasteiger partial charge in [-0.25, -0.2) is 4.98 Å². The third-order valence-corrected chi connectivity index (χ3v) is 4.74. The summed E-state index contributed by atoms with van der Waals surface area (Å²) in [6, 6.07) is 1.26. The Labute approximate surface area is 145 Å². The lowest BCUT2D eigenvalue weighted by Crippen LogP contribution is -2.43. The molecule has 1 fully saturated rings. The monoisotopic (exact) mass is 353 g/mol. The van der Waals surface area contributed by atoms with Gasteiger partial charge in [0, 0.05) is 19.2 Å². The molecule has 24 heavy (non-hydrogen) atoms. The minimum Gasteiger partial charge on any atom is -0.469 e. The maximum absolute atomic E-state index is 12.4. The number of carbonyl (C=O) groups excluding carboxylic acids is 2. The van der Waals surface area contributed by atoms with Crippen molar-refractivity contribution in [3.05, 3.63) is 22.1 Å². The molecule has 2 rings (SSSR count). The van der Waals surface area contributed by atoms with Gasteiger partial charge in [-0.05, 0) is 18.3 Å². The fourth-order valence-electron chi connectivity index (χ4n) is 2.95. The third-order valence-electron chi connectivity index (χ3n) is 3.88. The number of likely N-dealkylation sites (tertiary alicyclic amines) is 1. The van der Waals surface area contributed by atoms with Crippen LogP contribution in [-0.2, 0) is 20.7 Å². The van der Waals surface area contributed by atoms with E-state index >= 15 is 0 Å². The fraction of sp³-hybridized carbons (Fsp3) is 0.625. The van der Waals surface area contributed by atoms with Crippen molar-refractivity contribution in [2.24, 2.45) is 11.8 Å². The van der Waals surface area contributed by atoms with Crippen LogP contribution in [0.25, 0.3) is 0 Å². The molecule has 0 saturated carbocycles. The molecule has 7 nitrogen and oxygen atoms in total. The van der Waals surface area contributed by atoms with Crippen LogP contribution in [0.2, 0.25) is 0 Å². The number of amides is 1. The van der Waals surface area contributed by atoms with E-state index in [1.54, 1.807) is 0 Å². The molecule has 1 amide bonds. The highest BCUT2D eigenvalue weighted by atomic mass is 32.2. The molecule has 1 aliphatic rings. The number of H-pyrrole nitrogens is 1. The number of ether oxygens (including phenoxy) is 1. The van der Waals surface area contributed by atoms with E-state index in [2.05, 4.69) is 28.6 Å². The zero-order chi connectivity index (χ0) is 17.7. The molecule has 1 aromatic rings. The minimum atomic E-state index is -0.462. The number of methoxy groups -OCH3 is 1. The Hall–Kier alpha value is -1.83. The quantitative estimate of drug-likeness (QED) is 0.484. The molecular weight excluding hydrogens is 330 g/mol. The SMILES string of the molecule is COC(=O)Cc1cc(=O)[nH]c(SCC(=O)N2C[C@H](C)C[C@H](C)C2)n1. The number of hydrogen-bond acceptors (Lipinski definition) is 6. The van der Waals surface area contributed by atoms with E-state index in [9.17, 15) is 14.4 Å². The largest absolute Gasteiger partial charge is 0.469 e. The van der Waals surface area contributed by atoms with Crippen molar-refractivity contribution in [2.75, 3.05) is 26.0 Å². The Balaban J connectivity index is 1.97. The summed E-state index contributed by atoms with van der Waals surface area (Å²) in [4.78, 5) is 44.0. The lowest BCUT2D eigenvalue weighted by molar-refractivity contribution is -0.139. The first-order valence-electron chi connectivity index (χ1n) is 7.95. The number of rotatable bonds is 5. The summed E-state index contributed by atoms with van der Waals surface area (Å²) < 4.78 is 4.57. The van der Waals surface area contributed by atoms with E-state index in [0.717, 1.165) is 19.5 Å². The Morgan fingerprint density at radius 3 is 2.67 bits per heavy atom. The van der Waals surface area contributed by atoms with Gasteiger partial charge in [-0.2, -0.15) is 0 Å². The first kappa shape index (κ1) is 18.5. The molecule has 1 aliphatic heterocycles. The van der Waals surface area contributed by atoms with E-state index in [4.69, 9.17) is 0 Å². The number of nitrogens with zero attached hydrogens (tertiary/aromatic N) is 2. The Bertz CT molecular complexity index is 651. The molecule has 8 heteroatoms. The van der Waals surface area contributed by atoms with Crippen LogP contribution in [0.4, 0.5) is 0 Å². The summed E-state index contributed by atoms with van der Waals surface area (Å²) in [5, 5.41) is 0.341. The van der Waals surface area contributed by atoms with Crippen LogP contribution in [-0.4, -0.2) is 52.7 Å². The highest BCUT2D eigenvalue weighted by Gasteiger charge is 2.25. The molecule has 0 radical (unpaired) electrons. The number of carbonyl (C=O) groups is 2. The molecule has 0 unspecified atom stereocenters. The standard InChI is InChI=1S/C16H23N3O4S/c1-10-4-11(2)8-19(7-10)14(21)9-24-16-17-12(5-13(20)18-16)6-15(22)23-3/h5,10-11H,4,6-9H2,1-3H3,(H,17,18,20)/t10-,11+. The zero-order valence-electron chi connectivity index (χ0n) is 14.2. The number of piperidine rings is 1. The van der Waals surface area contributed by atoms with Crippen LogP contribution in [0.1, 0.15) is 26.0 Å². The van der Waals surface area contributed by atoms with Crippen molar-refractivity contribution < 1.29 is 14.3 Å². The number of thioether (sulfide) groups is 1. The average Bonchev–Trinajstić information content (AvgIpc) is 2.51. The summed E-state index contributed by atoms with van der Waals surface area (Å²) in [7, 11) is 1.28. The second kappa shape index (κ2) is 8.32. The van der Waals surface area contributed by atoms with Crippen molar-refractivity contribution in [3.63, 3.8) is 0 Å². The molecule has 1 saturated heterocycles. The molecule has 1 aromatic heterocycles. The van der Waals surface area contributed by atoms with Crippen LogP contribution < -0.4 is 5.56 Å². The van der Waals surface area contributed by atoms with E-state index in [1.807, 2.05) is 4.90 Å². The summed E-state index contributed by atoms with van der Waals surface area (Å²) in [5.74, 6) is 0.799. The molecule has 132 valence electrons. The fourth-order valence-corrected chi connectivity index (χ4v) is 3.75. The van der Waals surface area contributed by atoms with Gasteiger partial charge in [0.05, 0.1) is 25.0 Å². The maximum atomic E-state index is 12.4. The normalized spacial score (nSPS) is 20.7. The molecule has 0 aliphatic carbocycles. The van der Waals surface area contributed by atoms with Gasteiger partial charge in [0.2, 0.25) is 5.91 Å². The zero-order valence-corrected chi connectivity index (χ0v) is 15.0. The lowest BCUT2D eigenvalue weighted by Gasteiger charge is -2.34. The van der Waals surface area contributed by atoms with Crippen molar-refractivity contribution in [1.29, 1.82) is 0 Å². The van der Waals surface area contributed by atoms with Crippen molar-refractivity contribution in [1.82, 2.24) is 14.9 Å². The van der Waals surface area contributed by atoms with Gasteiger partial charge < -0.3 is 14.6 Å². The highest BCUT2D eigenvalue weighted by Crippen LogP contribution is 2.22. The summed E-state index contributed by atoms with van der Waals surface area (Å²) in [5.41, 5.74) is -0.0140. The molecule has 1 N–H and O–H groups in total. The second-order valence-corrected chi connectivity index (χ2v) is 7.29. The molecule has 0 bridgehead atoms. The van der Waals surface area contributed by atoms with Crippen LogP contribution in [0.3, 0.4) is 0 Å². The number of esters is 1. The van der Waals surface area contributed by atoms with Gasteiger partial charge in [-0.1, -0.05) is 25.6 Å². The van der Waals surface area contributed by atoms with Gasteiger partial charge in [0.15, 0.2) is 5.16 Å². The van der Waals surface area contributed by atoms with Crippen molar-refractivity contribution in [2.45, 2.75) is 31.8 Å². The van der Waals surface area contributed by atoms with E-state index in [1.165, 1.54) is 24.9 Å². The maximum Gasteiger partial charge on any atom is 0.311 e. The predicted molar refractivity (Wildman–Crippen MR) is 90.8 cm³/mol. The first-order chi connectivity index (χ1) is 11.4. The average molecular weight is 353 g/mol. The van der Waals surface area contributed by atoms with Gasteiger partial charge in [0.1, 0.15) is 0 Å². The van der Waals surface area contributed by atoms with E-state index in [0.29, 0.717) is 22.7 Å². The summed E-state index contributed by atoms with van der Waals surface area (Å²) in [6.07, 6.45) is 1.07. The van der Waals surface area contributed by atoms with Crippen LogP contribution in [0, 0.1) is 11.8 Å². The lowest BCUT2D eigenvalue weighted by atomic mass is 9.92. The number of hydrogen-bond donors (Lipinski definition) is 1.